The first-order chi connectivity index (χ1) is 27.9. The Hall–Kier alpha value is -2.75. The summed E-state index contributed by atoms with van der Waals surface area (Å²) < 4.78 is 6.43. The maximum absolute atomic E-state index is 14.2. The number of aliphatic hydroxyl groups excluding tert-OH is 1. The molecule has 10 heteroatoms. The molecule has 1 amide bonds. The van der Waals surface area contributed by atoms with Crippen LogP contribution in [-0.4, -0.2) is 65.2 Å². The van der Waals surface area contributed by atoms with Gasteiger partial charge in [-0.2, -0.15) is 0 Å². The highest BCUT2D eigenvalue weighted by Crippen LogP contribution is 2.77. The molecule has 332 valence electrons. The number of carbonyl (C=O) groups is 4. The first-order valence-corrected chi connectivity index (χ1v) is 23.5. The van der Waals surface area contributed by atoms with Crippen molar-refractivity contribution in [3.63, 3.8) is 0 Å². The molecule has 0 bridgehead atoms. The minimum atomic E-state index is -0.833. The molecular formula is C50H73ClN2O7. The van der Waals surface area contributed by atoms with Crippen LogP contribution in [-0.2, 0) is 19.1 Å². The van der Waals surface area contributed by atoms with E-state index in [0.717, 1.165) is 63.4 Å². The second kappa shape index (κ2) is 15.8. The zero-order valence-electron chi connectivity index (χ0n) is 38.0. The second-order valence-corrected chi connectivity index (χ2v) is 23.0. The van der Waals surface area contributed by atoms with E-state index in [2.05, 4.69) is 59.1 Å². The molecule has 0 aromatic heterocycles. The van der Waals surface area contributed by atoms with Crippen LogP contribution in [0.15, 0.2) is 35.4 Å². The zero-order valence-corrected chi connectivity index (χ0v) is 38.8. The van der Waals surface area contributed by atoms with E-state index in [0.29, 0.717) is 60.1 Å². The number of aliphatic hydroxyl groups is 1. The number of ether oxygens (including phenoxy) is 1. The van der Waals surface area contributed by atoms with Crippen LogP contribution in [0.25, 0.3) is 0 Å². The van der Waals surface area contributed by atoms with Crippen LogP contribution in [0.5, 0.6) is 0 Å². The van der Waals surface area contributed by atoms with Crippen molar-refractivity contribution in [1.29, 1.82) is 0 Å². The molecule has 1 unspecified atom stereocenters. The molecule has 12 atom stereocenters. The molecule has 1 aromatic carbocycles. The molecule has 6 aliphatic rings. The number of Topliss-reactive ketones (excluding diaryl/α,β-unsaturated/α-hetero) is 1. The summed E-state index contributed by atoms with van der Waals surface area (Å²) in [4.78, 5) is 52.6. The van der Waals surface area contributed by atoms with Gasteiger partial charge in [0.2, 0.25) is 0 Å². The van der Waals surface area contributed by atoms with Gasteiger partial charge in [-0.3, -0.25) is 19.2 Å². The van der Waals surface area contributed by atoms with E-state index in [4.69, 9.17) is 16.3 Å². The molecule has 7 rings (SSSR count). The van der Waals surface area contributed by atoms with E-state index in [1.807, 2.05) is 13.8 Å². The molecule has 0 radical (unpaired) electrons. The highest BCUT2D eigenvalue weighted by Gasteiger charge is 2.70. The van der Waals surface area contributed by atoms with Crippen molar-refractivity contribution >= 4 is 35.2 Å². The number of carboxylic acids is 1. The Kier molecular flexibility index (Phi) is 11.9. The SMILES string of the molecule is CC(C)C1=C2[C@H]3CC[C@@H]4[C@@]5(C)CC[C@H](OC(=O)[C@H]6C[C@@H](C(=O)O)C6(C)C)C(C)(C)[C@@H]5CC[C@@]4(C)[C@]3(C)CC[C@@]2(CCNC[C@@H](NC(=O)c2ccc(Cl)cc2)C(C)O)CC1=O. The normalized spacial score (nSPS) is 38.7. The molecular weight excluding hydrogens is 776 g/mol. The zero-order chi connectivity index (χ0) is 44.0. The number of nitrogens with one attached hydrogen (secondary N) is 2. The first kappa shape index (κ1) is 45.3. The van der Waals surface area contributed by atoms with Gasteiger partial charge in [-0.1, -0.05) is 79.5 Å². The van der Waals surface area contributed by atoms with Crippen LogP contribution < -0.4 is 10.6 Å². The van der Waals surface area contributed by atoms with E-state index in [9.17, 15) is 29.4 Å². The number of allylic oxidation sites excluding steroid dienone is 2. The number of hydrogen-bond acceptors (Lipinski definition) is 7. The average molecular weight is 850 g/mol. The lowest BCUT2D eigenvalue weighted by molar-refractivity contribution is -0.236. The lowest BCUT2D eigenvalue weighted by Crippen LogP contribution is -2.66. The van der Waals surface area contributed by atoms with Crippen LogP contribution in [0, 0.1) is 68.0 Å². The highest BCUT2D eigenvalue weighted by atomic mass is 35.5. The summed E-state index contributed by atoms with van der Waals surface area (Å²) in [6.07, 6.45) is 9.10. The minimum absolute atomic E-state index is 0.0359. The van der Waals surface area contributed by atoms with Crippen LogP contribution in [0.1, 0.15) is 150 Å². The Morgan fingerprint density at radius 3 is 2.15 bits per heavy atom. The van der Waals surface area contributed by atoms with Gasteiger partial charge >= 0.3 is 11.9 Å². The number of amides is 1. The average Bonchev–Trinajstić information content (AvgIpc) is 3.46. The van der Waals surface area contributed by atoms with E-state index in [1.54, 1.807) is 31.2 Å². The van der Waals surface area contributed by atoms with Crippen LogP contribution in [0.3, 0.4) is 0 Å². The van der Waals surface area contributed by atoms with Gasteiger partial charge in [0.25, 0.3) is 5.91 Å². The number of ketones is 1. The lowest BCUT2D eigenvalue weighted by Gasteiger charge is -2.72. The van der Waals surface area contributed by atoms with Gasteiger partial charge in [0.15, 0.2) is 5.78 Å². The summed E-state index contributed by atoms with van der Waals surface area (Å²) in [5.41, 5.74) is 2.21. The predicted molar refractivity (Wildman–Crippen MR) is 234 cm³/mol. The predicted octanol–water partition coefficient (Wildman–Crippen LogP) is 9.44. The van der Waals surface area contributed by atoms with Gasteiger partial charge in [-0.25, -0.2) is 0 Å². The molecule has 60 heavy (non-hydrogen) atoms. The Morgan fingerprint density at radius 1 is 0.850 bits per heavy atom. The number of fused-ring (bicyclic) bond motifs is 7. The van der Waals surface area contributed by atoms with Crippen molar-refractivity contribution in [2.24, 2.45) is 68.0 Å². The second-order valence-electron chi connectivity index (χ2n) is 22.5. The molecule has 0 saturated heterocycles. The third-order valence-corrected chi connectivity index (χ3v) is 19.0. The van der Waals surface area contributed by atoms with Crippen LogP contribution in [0.2, 0.25) is 5.02 Å². The molecule has 5 fully saturated rings. The Labute approximate surface area is 364 Å². The minimum Gasteiger partial charge on any atom is -0.481 e. The molecule has 4 N–H and O–H groups in total. The van der Waals surface area contributed by atoms with Crippen molar-refractivity contribution in [2.45, 2.75) is 158 Å². The fraction of sp³-hybridized carbons (Fsp3) is 0.760. The molecule has 9 nitrogen and oxygen atoms in total. The summed E-state index contributed by atoms with van der Waals surface area (Å²) in [5, 5.41) is 27.4. The Morgan fingerprint density at radius 2 is 1.53 bits per heavy atom. The summed E-state index contributed by atoms with van der Waals surface area (Å²) in [6.45, 7) is 23.3. The van der Waals surface area contributed by atoms with Gasteiger partial charge in [-0.15, -0.1) is 0 Å². The summed E-state index contributed by atoms with van der Waals surface area (Å²) in [6, 6.07) is 6.25. The smallest absolute Gasteiger partial charge is 0.309 e. The quantitative estimate of drug-likeness (QED) is 0.120. The monoisotopic (exact) mass is 849 g/mol. The number of benzene rings is 1. The number of carboxylic acid groups (broad SMARTS) is 1. The number of rotatable bonds is 12. The fourth-order valence-electron chi connectivity index (χ4n) is 15.0. The maximum atomic E-state index is 14.2. The van der Waals surface area contributed by atoms with Crippen molar-refractivity contribution in [3.05, 3.63) is 46.0 Å². The Bertz CT molecular complexity index is 1900. The number of aliphatic carboxylic acids is 1. The van der Waals surface area contributed by atoms with E-state index >= 15 is 0 Å². The van der Waals surface area contributed by atoms with E-state index in [1.165, 1.54) is 5.57 Å². The largest absolute Gasteiger partial charge is 0.481 e. The molecule has 0 spiro atoms. The molecule has 1 aromatic rings. The topological polar surface area (TPSA) is 142 Å². The summed E-state index contributed by atoms with van der Waals surface area (Å²) in [7, 11) is 0. The third kappa shape index (κ3) is 7.11. The first-order valence-electron chi connectivity index (χ1n) is 23.1. The third-order valence-electron chi connectivity index (χ3n) is 18.8. The number of hydrogen-bond donors (Lipinski definition) is 4. The molecule has 5 saturated carbocycles. The van der Waals surface area contributed by atoms with E-state index < -0.39 is 29.4 Å². The fourth-order valence-corrected chi connectivity index (χ4v) is 15.1. The Balaban J connectivity index is 1.07. The number of esters is 1. The van der Waals surface area contributed by atoms with Crippen LogP contribution >= 0.6 is 11.6 Å². The molecule has 0 aliphatic heterocycles. The maximum Gasteiger partial charge on any atom is 0.309 e. The van der Waals surface area contributed by atoms with Crippen molar-refractivity contribution in [3.8, 4) is 0 Å². The summed E-state index contributed by atoms with van der Waals surface area (Å²) in [5.74, 6) is -0.490. The van der Waals surface area contributed by atoms with Crippen LogP contribution in [0.4, 0.5) is 0 Å². The highest BCUT2D eigenvalue weighted by molar-refractivity contribution is 6.30. The van der Waals surface area contributed by atoms with Crippen molar-refractivity contribution in [1.82, 2.24) is 10.6 Å². The number of halogens is 1. The van der Waals surface area contributed by atoms with Crippen molar-refractivity contribution < 1.29 is 34.1 Å². The van der Waals surface area contributed by atoms with Gasteiger partial charge in [0.05, 0.1) is 24.0 Å². The van der Waals surface area contributed by atoms with Gasteiger partial charge in [0, 0.05) is 34.4 Å². The standard InChI is InChI=1S/C50H73ClN2O7/c1-28(2)40-36(55)26-50(23-24-52-27-35(29(3)54)53-42(56)30-11-13-31(51)14-12-30)22-21-48(9)32(41(40)50)15-16-38-47(8)19-18-39(46(6,7)37(47)17-20-49(38,48)10)60-44(59)34-25-33(43(57)58)45(34,4)5/h11-14,28-29,32-35,37-39,52,54H,15-27H2,1-10H3,(H,53,56)(H,57,58)/t29?,32-,33+,34-,35-,37+,38-,39+,47+,48-,49-,50-/m1/s1. The van der Waals surface area contributed by atoms with Gasteiger partial charge in [0.1, 0.15) is 6.10 Å². The lowest BCUT2D eigenvalue weighted by atomic mass is 9.33. The van der Waals surface area contributed by atoms with Gasteiger partial charge < -0.3 is 25.6 Å². The molecule has 0 heterocycles. The number of carbonyl (C=O) groups excluding carboxylic acids is 3. The molecule has 6 aliphatic carbocycles. The summed E-state index contributed by atoms with van der Waals surface area (Å²) >= 11 is 6.03. The van der Waals surface area contributed by atoms with Crippen molar-refractivity contribution in [2.75, 3.05) is 13.1 Å². The van der Waals surface area contributed by atoms with Gasteiger partial charge in [-0.05, 0) is 153 Å². The van der Waals surface area contributed by atoms with E-state index in [-0.39, 0.29) is 56.9 Å².